The van der Waals surface area contributed by atoms with Crippen LogP contribution in [0.25, 0.3) is 10.1 Å². The molecular formula is C9H6BrFOS. The smallest absolute Gasteiger partial charge is 0.174 e. The number of fused-ring (bicyclic) bond motifs is 1. The van der Waals surface area contributed by atoms with Gasteiger partial charge in [0.05, 0.1) is 16.3 Å². The third-order valence-electron chi connectivity index (χ3n) is 1.76. The van der Waals surface area contributed by atoms with E-state index in [2.05, 4.69) is 15.9 Å². The van der Waals surface area contributed by atoms with Crippen molar-refractivity contribution >= 4 is 37.4 Å². The molecule has 1 nitrogen and oxygen atoms in total. The lowest BCUT2D eigenvalue weighted by molar-refractivity contribution is 0.427. The molecule has 0 atom stereocenters. The summed E-state index contributed by atoms with van der Waals surface area (Å²) in [6, 6.07) is 5.08. The summed E-state index contributed by atoms with van der Waals surface area (Å²) in [5.41, 5.74) is 0. The van der Waals surface area contributed by atoms with Crippen molar-refractivity contribution in [2.75, 3.05) is 7.11 Å². The lowest BCUT2D eigenvalue weighted by Gasteiger charge is -1.93. The maximum atomic E-state index is 13.1. The molecule has 0 fully saturated rings. The fraction of sp³-hybridized carbons (Fsp3) is 0.111. The van der Waals surface area contributed by atoms with E-state index in [0.29, 0.717) is 4.47 Å². The molecule has 0 unspecified atom stereocenters. The predicted octanol–water partition coefficient (Wildman–Crippen LogP) is 3.81. The van der Waals surface area contributed by atoms with Gasteiger partial charge in [-0.1, -0.05) is 17.4 Å². The molecule has 0 amide bonds. The maximum absolute atomic E-state index is 13.1. The molecule has 0 radical (unpaired) electrons. The van der Waals surface area contributed by atoms with E-state index in [1.54, 1.807) is 13.2 Å². The van der Waals surface area contributed by atoms with Gasteiger partial charge in [0.25, 0.3) is 0 Å². The molecule has 1 heterocycles. The zero-order chi connectivity index (χ0) is 9.42. The van der Waals surface area contributed by atoms with Crippen molar-refractivity contribution in [2.45, 2.75) is 0 Å². The number of ether oxygens (including phenoxy) is 1. The topological polar surface area (TPSA) is 9.23 Å². The van der Waals surface area contributed by atoms with Crippen LogP contribution in [0.2, 0.25) is 0 Å². The second kappa shape index (κ2) is 3.27. The number of benzene rings is 1. The number of hydrogen-bond acceptors (Lipinski definition) is 2. The molecule has 0 aliphatic rings. The Kier molecular flexibility index (Phi) is 2.26. The highest BCUT2D eigenvalue weighted by Gasteiger charge is 2.08. The molecule has 1 aromatic heterocycles. The number of thiophene rings is 1. The fourth-order valence-corrected chi connectivity index (χ4v) is 2.63. The quantitative estimate of drug-likeness (QED) is 0.758. The van der Waals surface area contributed by atoms with Gasteiger partial charge in [0.2, 0.25) is 0 Å². The van der Waals surface area contributed by atoms with Crippen LogP contribution in [-0.2, 0) is 0 Å². The summed E-state index contributed by atoms with van der Waals surface area (Å²) in [5.74, 6) is -0.239. The monoisotopic (exact) mass is 260 g/mol. The van der Waals surface area contributed by atoms with Crippen LogP contribution in [0.1, 0.15) is 0 Å². The van der Waals surface area contributed by atoms with Gasteiger partial charge in [-0.05, 0) is 33.4 Å². The average molecular weight is 261 g/mol. The molecule has 1 aromatic carbocycles. The van der Waals surface area contributed by atoms with Gasteiger partial charge in [-0.25, -0.2) is 4.39 Å². The van der Waals surface area contributed by atoms with E-state index in [9.17, 15) is 4.39 Å². The second-order valence-electron chi connectivity index (χ2n) is 2.55. The van der Waals surface area contributed by atoms with Gasteiger partial charge >= 0.3 is 0 Å². The third-order valence-corrected chi connectivity index (χ3v) is 3.93. The molecule has 2 aromatic rings. The third kappa shape index (κ3) is 1.44. The molecule has 2 rings (SSSR count). The van der Waals surface area contributed by atoms with Crippen molar-refractivity contribution in [3.05, 3.63) is 28.5 Å². The van der Waals surface area contributed by atoms with E-state index < -0.39 is 0 Å². The number of hydrogen-bond donors (Lipinski definition) is 0. The van der Waals surface area contributed by atoms with Crippen LogP contribution < -0.4 is 4.74 Å². The molecule has 4 heteroatoms. The van der Waals surface area contributed by atoms with Crippen molar-refractivity contribution in [1.82, 2.24) is 0 Å². The molecule has 68 valence electrons. The molecule has 0 saturated heterocycles. The Bertz CT molecular complexity index is 452. The number of halogens is 2. The maximum Gasteiger partial charge on any atom is 0.174 e. The van der Waals surface area contributed by atoms with Gasteiger partial charge in [-0.3, -0.25) is 0 Å². The Morgan fingerprint density at radius 2 is 2.23 bits per heavy atom. The van der Waals surface area contributed by atoms with Crippen LogP contribution >= 0.6 is 27.3 Å². The summed E-state index contributed by atoms with van der Waals surface area (Å²) < 4.78 is 19.5. The minimum Gasteiger partial charge on any atom is -0.487 e. The summed E-state index contributed by atoms with van der Waals surface area (Å²) in [6.07, 6.45) is 0. The van der Waals surface area contributed by atoms with Gasteiger partial charge in [-0.15, -0.1) is 0 Å². The molecule has 0 aliphatic carbocycles. The average Bonchev–Trinajstić information content (AvgIpc) is 2.55. The van der Waals surface area contributed by atoms with Crippen LogP contribution in [0.4, 0.5) is 4.39 Å². The Hall–Kier alpha value is -0.610. The number of rotatable bonds is 1. The SMILES string of the molecule is COc1cc2ccc(F)c(Br)c2s1. The van der Waals surface area contributed by atoms with E-state index in [1.807, 2.05) is 6.07 Å². The van der Waals surface area contributed by atoms with E-state index in [4.69, 9.17) is 4.74 Å². The summed E-state index contributed by atoms with van der Waals surface area (Å²) >= 11 is 4.63. The normalized spacial score (nSPS) is 10.7. The van der Waals surface area contributed by atoms with E-state index in [1.165, 1.54) is 17.4 Å². The summed E-state index contributed by atoms with van der Waals surface area (Å²) in [5, 5.41) is 1.79. The van der Waals surface area contributed by atoms with Crippen LogP contribution in [0.5, 0.6) is 5.06 Å². The van der Waals surface area contributed by atoms with Crippen LogP contribution in [0, 0.1) is 5.82 Å². The van der Waals surface area contributed by atoms with Crippen molar-refractivity contribution in [3.8, 4) is 5.06 Å². The first-order chi connectivity index (χ1) is 6.22. The molecular weight excluding hydrogens is 255 g/mol. The van der Waals surface area contributed by atoms with Crippen molar-refractivity contribution in [1.29, 1.82) is 0 Å². The number of methoxy groups -OCH3 is 1. The van der Waals surface area contributed by atoms with E-state index in [0.717, 1.165) is 15.1 Å². The van der Waals surface area contributed by atoms with E-state index in [-0.39, 0.29) is 5.82 Å². The molecule has 0 spiro atoms. The van der Waals surface area contributed by atoms with Gasteiger partial charge in [-0.2, -0.15) is 0 Å². The summed E-state index contributed by atoms with van der Waals surface area (Å²) in [4.78, 5) is 0. The lowest BCUT2D eigenvalue weighted by Crippen LogP contribution is -1.74. The Balaban J connectivity index is 2.76. The van der Waals surface area contributed by atoms with Gasteiger partial charge < -0.3 is 4.74 Å². The van der Waals surface area contributed by atoms with Crippen LogP contribution in [-0.4, -0.2) is 7.11 Å². The Morgan fingerprint density at radius 1 is 1.46 bits per heavy atom. The molecule has 0 saturated carbocycles. The van der Waals surface area contributed by atoms with Crippen molar-refractivity contribution in [2.24, 2.45) is 0 Å². The van der Waals surface area contributed by atoms with Crippen LogP contribution in [0.15, 0.2) is 22.7 Å². The van der Waals surface area contributed by atoms with Gasteiger partial charge in [0, 0.05) is 0 Å². The van der Waals surface area contributed by atoms with Gasteiger partial charge in [0.15, 0.2) is 5.06 Å². The highest BCUT2D eigenvalue weighted by atomic mass is 79.9. The zero-order valence-electron chi connectivity index (χ0n) is 6.80. The molecule has 13 heavy (non-hydrogen) atoms. The first-order valence-electron chi connectivity index (χ1n) is 3.64. The van der Waals surface area contributed by atoms with E-state index >= 15 is 0 Å². The molecule has 0 aliphatic heterocycles. The fourth-order valence-electron chi connectivity index (χ4n) is 1.12. The molecule has 0 N–H and O–H groups in total. The zero-order valence-corrected chi connectivity index (χ0v) is 9.21. The second-order valence-corrected chi connectivity index (χ2v) is 4.36. The minimum absolute atomic E-state index is 0.239. The Morgan fingerprint density at radius 3 is 2.92 bits per heavy atom. The Labute approximate surface area is 87.3 Å². The lowest BCUT2D eigenvalue weighted by atomic mass is 10.2. The minimum atomic E-state index is -0.239. The summed E-state index contributed by atoms with van der Waals surface area (Å²) in [6.45, 7) is 0. The largest absolute Gasteiger partial charge is 0.487 e. The highest BCUT2D eigenvalue weighted by molar-refractivity contribution is 9.10. The predicted molar refractivity (Wildman–Crippen MR) is 56.0 cm³/mol. The van der Waals surface area contributed by atoms with Gasteiger partial charge in [0.1, 0.15) is 5.82 Å². The summed E-state index contributed by atoms with van der Waals surface area (Å²) in [7, 11) is 1.61. The van der Waals surface area contributed by atoms with Crippen molar-refractivity contribution in [3.63, 3.8) is 0 Å². The van der Waals surface area contributed by atoms with Crippen LogP contribution in [0.3, 0.4) is 0 Å². The standard InChI is InChI=1S/C9H6BrFOS/c1-12-7-4-5-2-3-6(11)8(10)9(5)13-7/h2-4H,1H3. The first kappa shape index (κ1) is 8.97. The molecule has 0 bridgehead atoms. The van der Waals surface area contributed by atoms with Crippen molar-refractivity contribution < 1.29 is 9.13 Å². The first-order valence-corrected chi connectivity index (χ1v) is 5.25. The highest BCUT2D eigenvalue weighted by Crippen LogP contribution is 2.37.